The van der Waals surface area contributed by atoms with Gasteiger partial charge in [-0.1, -0.05) is 12.8 Å². The Morgan fingerprint density at radius 1 is 1.35 bits per heavy atom. The molecule has 2 atom stereocenters. The van der Waals surface area contributed by atoms with Gasteiger partial charge in [0.1, 0.15) is 11.6 Å². The number of rotatable bonds is 5. The lowest BCUT2D eigenvalue weighted by atomic mass is 9.83. The fourth-order valence-electron chi connectivity index (χ4n) is 3.22. The van der Waals surface area contributed by atoms with Crippen molar-refractivity contribution in [2.45, 2.75) is 45.6 Å². The van der Waals surface area contributed by atoms with Crippen LogP contribution in [0.1, 0.15) is 38.4 Å². The van der Waals surface area contributed by atoms with Crippen LogP contribution in [-0.2, 0) is 0 Å². The smallest absolute Gasteiger partial charge is 0.218 e. The van der Waals surface area contributed by atoms with E-state index in [1.54, 1.807) is 7.11 Å². The lowest BCUT2D eigenvalue weighted by Gasteiger charge is -2.40. The van der Waals surface area contributed by atoms with Crippen LogP contribution >= 0.6 is 0 Å². The molecule has 1 aliphatic carbocycles. The van der Waals surface area contributed by atoms with Gasteiger partial charge in [-0.05, 0) is 39.2 Å². The predicted octanol–water partition coefficient (Wildman–Crippen LogP) is 2.14. The molecule has 1 aromatic rings. The number of hydrogen-bond acceptors (Lipinski definition) is 5. The quantitative estimate of drug-likeness (QED) is 0.894. The van der Waals surface area contributed by atoms with Crippen molar-refractivity contribution < 1.29 is 4.74 Å². The van der Waals surface area contributed by atoms with E-state index in [0.717, 1.165) is 24.7 Å². The van der Waals surface area contributed by atoms with Gasteiger partial charge in [-0.15, -0.1) is 0 Å². The SMILES string of the molecule is CCN(c1cc(OC)nc(C)n1)C1CCCCC1CN. The number of hydrogen-bond donors (Lipinski definition) is 1. The van der Waals surface area contributed by atoms with Crippen molar-refractivity contribution in [2.75, 3.05) is 25.1 Å². The molecular formula is C15H26N4O. The van der Waals surface area contributed by atoms with Crippen LogP contribution in [0.15, 0.2) is 6.07 Å². The Hall–Kier alpha value is -1.36. The van der Waals surface area contributed by atoms with Crippen LogP contribution in [0.5, 0.6) is 5.88 Å². The average Bonchev–Trinajstić information content (AvgIpc) is 2.48. The molecule has 0 aromatic carbocycles. The molecule has 2 unspecified atom stereocenters. The van der Waals surface area contributed by atoms with Crippen LogP contribution in [0.3, 0.4) is 0 Å². The largest absolute Gasteiger partial charge is 0.481 e. The number of nitrogens with two attached hydrogens (primary N) is 1. The summed E-state index contributed by atoms with van der Waals surface area (Å²) >= 11 is 0. The van der Waals surface area contributed by atoms with Gasteiger partial charge in [-0.2, -0.15) is 4.98 Å². The number of methoxy groups -OCH3 is 1. The van der Waals surface area contributed by atoms with E-state index in [0.29, 0.717) is 17.8 Å². The molecule has 0 amide bonds. The lowest BCUT2D eigenvalue weighted by Crippen LogP contribution is -2.45. The molecule has 0 bridgehead atoms. The van der Waals surface area contributed by atoms with Crippen molar-refractivity contribution in [1.82, 2.24) is 9.97 Å². The first-order valence-corrected chi connectivity index (χ1v) is 7.56. The lowest BCUT2D eigenvalue weighted by molar-refractivity contribution is 0.299. The maximum absolute atomic E-state index is 5.97. The summed E-state index contributed by atoms with van der Waals surface area (Å²) in [5.74, 6) is 2.90. The molecule has 1 fully saturated rings. The molecule has 0 saturated heterocycles. The van der Waals surface area contributed by atoms with Crippen molar-refractivity contribution in [1.29, 1.82) is 0 Å². The summed E-state index contributed by atoms with van der Waals surface area (Å²) in [5.41, 5.74) is 5.97. The standard InChI is InChI=1S/C15H26N4O/c1-4-19(13-8-6-5-7-12(13)10-16)14-9-15(20-3)18-11(2)17-14/h9,12-13H,4-8,10,16H2,1-3H3. The summed E-state index contributed by atoms with van der Waals surface area (Å²) in [6.45, 7) is 5.76. The molecule has 5 heteroatoms. The van der Waals surface area contributed by atoms with Crippen LogP contribution in [0.2, 0.25) is 0 Å². The van der Waals surface area contributed by atoms with Crippen molar-refractivity contribution in [3.63, 3.8) is 0 Å². The number of nitrogens with zero attached hydrogens (tertiary/aromatic N) is 3. The number of aryl methyl sites for hydroxylation is 1. The van der Waals surface area contributed by atoms with Gasteiger partial charge in [0, 0.05) is 18.7 Å². The second kappa shape index (κ2) is 6.88. The Labute approximate surface area is 121 Å². The zero-order valence-electron chi connectivity index (χ0n) is 12.8. The Balaban J connectivity index is 2.28. The highest BCUT2D eigenvalue weighted by Gasteiger charge is 2.29. The highest BCUT2D eigenvalue weighted by atomic mass is 16.5. The molecular weight excluding hydrogens is 252 g/mol. The van der Waals surface area contributed by atoms with Gasteiger partial charge in [-0.3, -0.25) is 0 Å². The summed E-state index contributed by atoms with van der Waals surface area (Å²) < 4.78 is 5.27. The van der Waals surface area contributed by atoms with Crippen molar-refractivity contribution in [3.05, 3.63) is 11.9 Å². The summed E-state index contributed by atoms with van der Waals surface area (Å²) in [4.78, 5) is 11.2. The topological polar surface area (TPSA) is 64.3 Å². The van der Waals surface area contributed by atoms with Crippen LogP contribution in [0.4, 0.5) is 5.82 Å². The summed E-state index contributed by atoms with van der Waals surface area (Å²) in [6, 6.07) is 2.41. The Morgan fingerprint density at radius 2 is 2.10 bits per heavy atom. The van der Waals surface area contributed by atoms with Gasteiger partial charge in [0.25, 0.3) is 0 Å². The van der Waals surface area contributed by atoms with E-state index in [4.69, 9.17) is 10.5 Å². The maximum Gasteiger partial charge on any atom is 0.218 e. The molecule has 1 saturated carbocycles. The van der Waals surface area contributed by atoms with E-state index in [1.807, 2.05) is 13.0 Å². The number of ether oxygens (including phenoxy) is 1. The molecule has 2 rings (SSSR count). The fourth-order valence-corrected chi connectivity index (χ4v) is 3.22. The average molecular weight is 278 g/mol. The number of anilines is 1. The van der Waals surface area contributed by atoms with Crippen LogP contribution in [-0.4, -0.2) is 36.2 Å². The van der Waals surface area contributed by atoms with Crippen molar-refractivity contribution in [3.8, 4) is 5.88 Å². The second-order valence-electron chi connectivity index (χ2n) is 5.45. The normalized spacial score (nSPS) is 22.6. The van der Waals surface area contributed by atoms with E-state index in [2.05, 4.69) is 21.8 Å². The minimum absolute atomic E-state index is 0.484. The van der Waals surface area contributed by atoms with E-state index >= 15 is 0 Å². The van der Waals surface area contributed by atoms with Crippen molar-refractivity contribution >= 4 is 5.82 Å². The van der Waals surface area contributed by atoms with Gasteiger partial charge in [0.2, 0.25) is 5.88 Å². The summed E-state index contributed by atoms with van der Waals surface area (Å²) in [6.07, 6.45) is 4.99. The molecule has 112 valence electrons. The third-order valence-corrected chi connectivity index (χ3v) is 4.22. The zero-order valence-corrected chi connectivity index (χ0v) is 12.8. The van der Waals surface area contributed by atoms with Crippen LogP contribution in [0, 0.1) is 12.8 Å². The first-order valence-electron chi connectivity index (χ1n) is 7.56. The third-order valence-electron chi connectivity index (χ3n) is 4.22. The van der Waals surface area contributed by atoms with Gasteiger partial charge in [0.15, 0.2) is 0 Å². The van der Waals surface area contributed by atoms with E-state index in [1.165, 1.54) is 25.7 Å². The third kappa shape index (κ3) is 3.20. The van der Waals surface area contributed by atoms with E-state index in [9.17, 15) is 0 Å². The fraction of sp³-hybridized carbons (Fsp3) is 0.733. The molecule has 0 spiro atoms. The monoisotopic (exact) mass is 278 g/mol. The highest BCUT2D eigenvalue weighted by molar-refractivity contribution is 5.43. The molecule has 2 N–H and O–H groups in total. The predicted molar refractivity (Wildman–Crippen MR) is 81.1 cm³/mol. The highest BCUT2D eigenvalue weighted by Crippen LogP contribution is 2.31. The Morgan fingerprint density at radius 3 is 2.75 bits per heavy atom. The second-order valence-corrected chi connectivity index (χ2v) is 5.45. The van der Waals surface area contributed by atoms with Gasteiger partial charge < -0.3 is 15.4 Å². The maximum atomic E-state index is 5.97. The molecule has 0 aliphatic heterocycles. The molecule has 5 nitrogen and oxygen atoms in total. The Bertz CT molecular complexity index is 438. The summed E-state index contributed by atoms with van der Waals surface area (Å²) in [7, 11) is 1.64. The Kier molecular flexibility index (Phi) is 5.17. The van der Waals surface area contributed by atoms with E-state index in [-0.39, 0.29) is 0 Å². The molecule has 1 heterocycles. The zero-order chi connectivity index (χ0) is 14.5. The molecule has 1 aliphatic rings. The summed E-state index contributed by atoms with van der Waals surface area (Å²) in [5, 5.41) is 0. The first-order chi connectivity index (χ1) is 9.69. The molecule has 1 aromatic heterocycles. The molecule has 0 radical (unpaired) electrons. The van der Waals surface area contributed by atoms with Crippen LogP contribution in [0.25, 0.3) is 0 Å². The van der Waals surface area contributed by atoms with Gasteiger partial charge in [0.05, 0.1) is 7.11 Å². The van der Waals surface area contributed by atoms with Gasteiger partial charge in [-0.25, -0.2) is 4.98 Å². The molecule has 20 heavy (non-hydrogen) atoms. The minimum Gasteiger partial charge on any atom is -0.481 e. The van der Waals surface area contributed by atoms with Crippen LogP contribution < -0.4 is 15.4 Å². The first kappa shape index (κ1) is 15.0. The van der Waals surface area contributed by atoms with E-state index < -0.39 is 0 Å². The number of aromatic nitrogens is 2. The van der Waals surface area contributed by atoms with Gasteiger partial charge >= 0.3 is 0 Å². The van der Waals surface area contributed by atoms with Crippen molar-refractivity contribution in [2.24, 2.45) is 11.7 Å². The minimum atomic E-state index is 0.484.